The molecule has 5 rings (SSSR count). The molecule has 27 heavy (non-hydrogen) atoms. The number of nitrogens with one attached hydrogen (secondary N) is 2. The first-order valence-corrected chi connectivity index (χ1v) is 8.69. The van der Waals surface area contributed by atoms with E-state index in [4.69, 9.17) is 9.97 Å². The monoisotopic (exact) mass is 352 g/mol. The van der Waals surface area contributed by atoms with Crippen molar-refractivity contribution >= 4 is 33.4 Å². The van der Waals surface area contributed by atoms with E-state index in [0.29, 0.717) is 17.6 Å². The molecule has 6 heteroatoms. The van der Waals surface area contributed by atoms with E-state index in [-0.39, 0.29) is 0 Å². The highest BCUT2D eigenvalue weighted by Gasteiger charge is 2.13. The molecule has 0 bridgehead atoms. The number of fused-ring (bicyclic) bond motifs is 2. The van der Waals surface area contributed by atoms with Crippen LogP contribution in [0.5, 0.6) is 0 Å². The Morgan fingerprint density at radius 1 is 0.778 bits per heavy atom. The first-order chi connectivity index (χ1) is 13.3. The summed E-state index contributed by atoms with van der Waals surface area (Å²) in [5.74, 6) is 2.58. The first kappa shape index (κ1) is 15.5. The zero-order valence-electron chi connectivity index (χ0n) is 14.6. The van der Waals surface area contributed by atoms with Crippen molar-refractivity contribution in [3.05, 3.63) is 72.6 Å². The number of aromatic nitrogens is 5. The summed E-state index contributed by atoms with van der Waals surface area (Å²) in [7, 11) is 0. The van der Waals surface area contributed by atoms with Gasteiger partial charge in [-0.25, -0.2) is 9.97 Å². The molecule has 0 aliphatic rings. The van der Waals surface area contributed by atoms with Gasteiger partial charge in [-0.2, -0.15) is 4.98 Å². The van der Waals surface area contributed by atoms with Crippen molar-refractivity contribution in [3.63, 3.8) is 0 Å². The molecular formula is C21H16N6. The van der Waals surface area contributed by atoms with E-state index in [1.165, 1.54) is 0 Å². The van der Waals surface area contributed by atoms with Crippen molar-refractivity contribution in [1.29, 1.82) is 0 Å². The largest absolute Gasteiger partial charge is 0.307 e. The van der Waals surface area contributed by atoms with Gasteiger partial charge in [0.05, 0.1) is 5.52 Å². The van der Waals surface area contributed by atoms with Crippen LogP contribution in [0, 0.1) is 6.92 Å². The van der Waals surface area contributed by atoms with Gasteiger partial charge < -0.3 is 5.32 Å². The van der Waals surface area contributed by atoms with Crippen LogP contribution in [0.15, 0.2) is 66.7 Å². The van der Waals surface area contributed by atoms with Crippen LogP contribution < -0.4 is 5.32 Å². The van der Waals surface area contributed by atoms with Crippen LogP contribution in [0.3, 0.4) is 0 Å². The van der Waals surface area contributed by atoms with E-state index in [2.05, 4.69) is 38.7 Å². The molecule has 5 aromatic rings. The summed E-state index contributed by atoms with van der Waals surface area (Å²) in [5, 5.41) is 13.4. The molecule has 3 aromatic carbocycles. The molecule has 0 aliphatic carbocycles. The molecule has 2 N–H and O–H groups in total. The number of benzene rings is 3. The van der Waals surface area contributed by atoms with Gasteiger partial charge in [-0.3, -0.25) is 5.10 Å². The van der Waals surface area contributed by atoms with Crippen molar-refractivity contribution < 1.29 is 0 Å². The highest BCUT2D eigenvalue weighted by atomic mass is 15.3. The molecule has 0 spiro atoms. The highest BCUT2D eigenvalue weighted by Crippen LogP contribution is 2.30. The molecule has 0 amide bonds. The van der Waals surface area contributed by atoms with Crippen molar-refractivity contribution in [2.45, 2.75) is 6.92 Å². The molecule has 0 fully saturated rings. The Labute approximate surface area is 155 Å². The molecule has 0 saturated carbocycles. The Kier molecular flexibility index (Phi) is 3.53. The summed E-state index contributed by atoms with van der Waals surface area (Å²) < 4.78 is 0. The predicted octanol–water partition coefficient (Wildman–Crippen LogP) is 4.62. The fourth-order valence-corrected chi connectivity index (χ4v) is 3.22. The maximum Gasteiger partial charge on any atom is 0.247 e. The summed E-state index contributed by atoms with van der Waals surface area (Å²) in [6.45, 7) is 1.86. The van der Waals surface area contributed by atoms with Gasteiger partial charge in [-0.1, -0.05) is 54.6 Å². The zero-order chi connectivity index (χ0) is 18.2. The number of H-pyrrole nitrogens is 1. The SMILES string of the molecule is Cc1nc(Nc2nc(-c3cccc4ccccc34)nc3ccccc23)n[nH]1. The molecule has 0 radical (unpaired) electrons. The lowest BCUT2D eigenvalue weighted by Crippen LogP contribution is -2.00. The van der Waals surface area contributed by atoms with Gasteiger partial charge in [0.1, 0.15) is 11.6 Å². The summed E-state index contributed by atoms with van der Waals surface area (Å²) in [5.41, 5.74) is 1.86. The molecule has 2 heterocycles. The standard InChI is InChI=1S/C21H16N6/c1-13-22-21(27-26-13)25-20-17-10-4-5-12-18(17)23-19(24-20)16-11-6-8-14-7-2-3-9-15(14)16/h2-12H,1H3,(H2,22,23,24,25,26,27). The number of hydrogen-bond acceptors (Lipinski definition) is 5. The quantitative estimate of drug-likeness (QED) is 0.495. The molecule has 6 nitrogen and oxygen atoms in total. The minimum atomic E-state index is 0.486. The van der Waals surface area contributed by atoms with Crippen LogP contribution in [-0.2, 0) is 0 Å². The van der Waals surface area contributed by atoms with Crippen LogP contribution in [0.1, 0.15) is 5.82 Å². The van der Waals surface area contributed by atoms with Crippen LogP contribution >= 0.6 is 0 Å². The highest BCUT2D eigenvalue weighted by molar-refractivity contribution is 5.97. The van der Waals surface area contributed by atoms with Crippen molar-refractivity contribution in [2.24, 2.45) is 0 Å². The third-order valence-electron chi connectivity index (χ3n) is 4.46. The minimum absolute atomic E-state index is 0.486. The average molecular weight is 352 g/mol. The summed E-state index contributed by atoms with van der Waals surface area (Å²) in [6, 6.07) is 22.3. The second kappa shape index (κ2) is 6.17. The Morgan fingerprint density at radius 3 is 2.41 bits per heavy atom. The van der Waals surface area contributed by atoms with Gasteiger partial charge >= 0.3 is 0 Å². The number of aryl methyl sites for hydroxylation is 1. The molecule has 0 atom stereocenters. The van der Waals surface area contributed by atoms with E-state index in [9.17, 15) is 0 Å². The first-order valence-electron chi connectivity index (χ1n) is 8.69. The average Bonchev–Trinajstić information content (AvgIpc) is 3.12. The zero-order valence-corrected chi connectivity index (χ0v) is 14.6. The molecule has 2 aromatic heterocycles. The summed E-state index contributed by atoms with van der Waals surface area (Å²) in [6.07, 6.45) is 0. The van der Waals surface area contributed by atoms with Gasteiger partial charge in [-0.15, -0.1) is 5.10 Å². The second-order valence-corrected chi connectivity index (χ2v) is 6.31. The van der Waals surface area contributed by atoms with Gasteiger partial charge in [0.2, 0.25) is 5.95 Å². The number of para-hydroxylation sites is 1. The van der Waals surface area contributed by atoms with E-state index < -0.39 is 0 Å². The number of nitrogens with zero attached hydrogens (tertiary/aromatic N) is 4. The van der Waals surface area contributed by atoms with Crippen LogP contribution in [0.25, 0.3) is 33.1 Å². The molecule has 0 unspecified atom stereocenters. The van der Waals surface area contributed by atoms with E-state index in [1.54, 1.807) is 0 Å². The van der Waals surface area contributed by atoms with Gasteiger partial charge in [0.15, 0.2) is 5.82 Å². The number of hydrogen-bond donors (Lipinski definition) is 2. The van der Waals surface area contributed by atoms with Crippen LogP contribution in [-0.4, -0.2) is 25.1 Å². The van der Waals surface area contributed by atoms with E-state index >= 15 is 0 Å². The fourth-order valence-electron chi connectivity index (χ4n) is 3.22. The molecular weight excluding hydrogens is 336 g/mol. The topological polar surface area (TPSA) is 79.4 Å². The lowest BCUT2D eigenvalue weighted by Gasteiger charge is -2.10. The third-order valence-corrected chi connectivity index (χ3v) is 4.46. The predicted molar refractivity (Wildman–Crippen MR) is 107 cm³/mol. The third kappa shape index (κ3) is 2.77. The minimum Gasteiger partial charge on any atom is -0.307 e. The summed E-state index contributed by atoms with van der Waals surface area (Å²) >= 11 is 0. The fraction of sp³-hybridized carbons (Fsp3) is 0.0476. The van der Waals surface area contributed by atoms with E-state index in [0.717, 1.165) is 33.1 Å². The molecule has 0 aliphatic heterocycles. The van der Waals surface area contributed by atoms with Crippen LogP contribution in [0.2, 0.25) is 0 Å². The number of anilines is 2. The molecule has 0 saturated heterocycles. The maximum absolute atomic E-state index is 4.81. The maximum atomic E-state index is 4.81. The Balaban J connectivity index is 1.73. The van der Waals surface area contributed by atoms with Gasteiger partial charge in [0, 0.05) is 10.9 Å². The summed E-state index contributed by atoms with van der Waals surface area (Å²) in [4.78, 5) is 13.9. The molecule has 130 valence electrons. The Hall–Kier alpha value is -3.80. The van der Waals surface area contributed by atoms with Crippen molar-refractivity contribution in [1.82, 2.24) is 25.1 Å². The van der Waals surface area contributed by atoms with Crippen LogP contribution in [0.4, 0.5) is 11.8 Å². The van der Waals surface area contributed by atoms with Gasteiger partial charge in [-0.05, 0) is 29.8 Å². The lowest BCUT2D eigenvalue weighted by molar-refractivity contribution is 1.04. The number of aromatic amines is 1. The normalized spacial score (nSPS) is 11.1. The number of rotatable bonds is 3. The Morgan fingerprint density at radius 2 is 1.56 bits per heavy atom. The smallest absolute Gasteiger partial charge is 0.247 e. The second-order valence-electron chi connectivity index (χ2n) is 6.31. The van der Waals surface area contributed by atoms with Crippen molar-refractivity contribution in [3.8, 4) is 11.4 Å². The Bertz CT molecular complexity index is 1270. The lowest BCUT2D eigenvalue weighted by atomic mass is 10.0. The van der Waals surface area contributed by atoms with Gasteiger partial charge in [0.25, 0.3) is 0 Å². The van der Waals surface area contributed by atoms with E-state index in [1.807, 2.05) is 55.5 Å². The van der Waals surface area contributed by atoms with Crippen molar-refractivity contribution in [2.75, 3.05) is 5.32 Å².